The molecule has 2 unspecified atom stereocenters. The summed E-state index contributed by atoms with van der Waals surface area (Å²) in [4.78, 5) is 26.0. The number of carbonyl (C=O) groups is 2. The van der Waals surface area contributed by atoms with Gasteiger partial charge in [0.15, 0.2) is 0 Å². The summed E-state index contributed by atoms with van der Waals surface area (Å²) in [5.74, 6) is -0.657. The van der Waals surface area contributed by atoms with Crippen LogP contribution in [0, 0.1) is 5.92 Å². The Kier molecular flexibility index (Phi) is 3.37. The topological polar surface area (TPSA) is 92.1 Å². The van der Waals surface area contributed by atoms with E-state index in [0.717, 1.165) is 23.7 Å². The number of piperidine rings is 1. The molecule has 0 aliphatic carbocycles. The molecule has 2 heterocycles. The van der Waals surface area contributed by atoms with Gasteiger partial charge >= 0.3 is 0 Å². The van der Waals surface area contributed by atoms with Crippen LogP contribution in [-0.2, 0) is 4.79 Å². The number of aromatic amines is 1. The van der Waals surface area contributed by atoms with Crippen LogP contribution in [0.4, 0.5) is 0 Å². The Labute approximate surface area is 122 Å². The van der Waals surface area contributed by atoms with E-state index in [1.54, 1.807) is 17.2 Å². The molecule has 1 aliphatic heterocycles. The van der Waals surface area contributed by atoms with E-state index in [0.29, 0.717) is 12.1 Å². The number of nitrogens with zero attached hydrogens (tertiary/aromatic N) is 2. The minimum Gasteiger partial charge on any atom is -0.369 e. The van der Waals surface area contributed by atoms with Crippen molar-refractivity contribution in [3.63, 3.8) is 0 Å². The van der Waals surface area contributed by atoms with Crippen LogP contribution in [0.15, 0.2) is 24.4 Å². The third-order valence-corrected chi connectivity index (χ3v) is 4.26. The summed E-state index contributed by atoms with van der Waals surface area (Å²) in [6.07, 6.45) is 3.19. The van der Waals surface area contributed by atoms with E-state index in [1.165, 1.54) is 0 Å². The molecule has 0 radical (unpaired) electrons. The second kappa shape index (κ2) is 5.20. The first kappa shape index (κ1) is 13.6. The molecular weight excluding hydrogens is 268 g/mol. The van der Waals surface area contributed by atoms with E-state index >= 15 is 0 Å². The van der Waals surface area contributed by atoms with Gasteiger partial charge in [0.05, 0.1) is 23.2 Å². The summed E-state index contributed by atoms with van der Waals surface area (Å²) in [6, 6.07) is 5.61. The zero-order valence-corrected chi connectivity index (χ0v) is 11.9. The van der Waals surface area contributed by atoms with E-state index in [4.69, 9.17) is 5.73 Å². The van der Waals surface area contributed by atoms with E-state index < -0.39 is 0 Å². The molecule has 1 aromatic carbocycles. The molecule has 0 saturated carbocycles. The molecule has 3 N–H and O–H groups in total. The number of fused-ring (bicyclic) bond motifs is 1. The van der Waals surface area contributed by atoms with E-state index in [-0.39, 0.29) is 23.8 Å². The first-order valence-electron chi connectivity index (χ1n) is 7.10. The Morgan fingerprint density at radius 3 is 2.95 bits per heavy atom. The van der Waals surface area contributed by atoms with Gasteiger partial charge in [-0.1, -0.05) is 6.07 Å². The highest BCUT2D eigenvalue weighted by atomic mass is 16.2. The number of nitrogens with one attached hydrogen (secondary N) is 1. The molecular formula is C15H18N4O2. The van der Waals surface area contributed by atoms with Crippen LogP contribution in [0.1, 0.15) is 30.1 Å². The van der Waals surface area contributed by atoms with Crippen molar-refractivity contribution in [2.24, 2.45) is 11.7 Å². The number of H-pyrrole nitrogens is 1. The van der Waals surface area contributed by atoms with Gasteiger partial charge in [-0.2, -0.15) is 5.10 Å². The fourth-order valence-electron chi connectivity index (χ4n) is 2.93. The summed E-state index contributed by atoms with van der Waals surface area (Å²) in [5, 5.41) is 7.64. The molecule has 21 heavy (non-hydrogen) atoms. The van der Waals surface area contributed by atoms with Gasteiger partial charge in [0.25, 0.3) is 5.91 Å². The molecule has 6 heteroatoms. The largest absolute Gasteiger partial charge is 0.369 e. The highest BCUT2D eigenvalue weighted by Gasteiger charge is 2.32. The zero-order chi connectivity index (χ0) is 15.0. The molecule has 0 spiro atoms. The van der Waals surface area contributed by atoms with Gasteiger partial charge in [0.1, 0.15) is 0 Å². The van der Waals surface area contributed by atoms with Gasteiger partial charge in [-0.25, -0.2) is 0 Å². The van der Waals surface area contributed by atoms with Gasteiger partial charge in [-0.15, -0.1) is 0 Å². The normalized spacial score (nSPS) is 22.4. The van der Waals surface area contributed by atoms with Crippen molar-refractivity contribution < 1.29 is 9.59 Å². The number of likely N-dealkylation sites (tertiary alicyclic amines) is 1. The summed E-state index contributed by atoms with van der Waals surface area (Å²) in [5.41, 5.74) is 6.84. The monoisotopic (exact) mass is 286 g/mol. The number of hydrogen-bond donors (Lipinski definition) is 2. The Morgan fingerprint density at radius 2 is 2.19 bits per heavy atom. The molecule has 0 bridgehead atoms. The summed E-state index contributed by atoms with van der Waals surface area (Å²) < 4.78 is 0. The molecule has 1 fully saturated rings. The van der Waals surface area contributed by atoms with Crippen molar-refractivity contribution in [1.82, 2.24) is 15.1 Å². The molecule has 3 rings (SSSR count). The van der Waals surface area contributed by atoms with E-state index in [9.17, 15) is 9.59 Å². The van der Waals surface area contributed by atoms with Gasteiger partial charge in [0, 0.05) is 18.0 Å². The van der Waals surface area contributed by atoms with Crippen molar-refractivity contribution in [3.8, 4) is 0 Å². The average molecular weight is 286 g/mol. The maximum atomic E-state index is 12.8. The molecule has 1 saturated heterocycles. The number of rotatable bonds is 2. The lowest BCUT2D eigenvalue weighted by molar-refractivity contribution is -0.123. The lowest BCUT2D eigenvalue weighted by Crippen LogP contribution is -2.48. The second-order valence-corrected chi connectivity index (χ2v) is 5.62. The maximum absolute atomic E-state index is 12.8. The third kappa shape index (κ3) is 2.37. The quantitative estimate of drug-likeness (QED) is 0.871. The Hall–Kier alpha value is -2.37. The highest BCUT2D eigenvalue weighted by molar-refractivity contribution is 6.06. The van der Waals surface area contributed by atoms with Gasteiger partial charge in [-0.3, -0.25) is 14.7 Å². The smallest absolute Gasteiger partial charge is 0.254 e. The average Bonchev–Trinajstić information content (AvgIpc) is 2.95. The Balaban J connectivity index is 1.93. The van der Waals surface area contributed by atoms with Crippen LogP contribution in [0.5, 0.6) is 0 Å². The predicted octanol–water partition coefficient (Wildman–Crippen LogP) is 1.29. The second-order valence-electron chi connectivity index (χ2n) is 5.62. The number of nitrogens with two attached hydrogens (primary N) is 1. The minimum atomic E-state index is -0.332. The van der Waals surface area contributed by atoms with Gasteiger partial charge in [-0.05, 0) is 31.9 Å². The fraction of sp³-hybridized carbons (Fsp3) is 0.400. The summed E-state index contributed by atoms with van der Waals surface area (Å²) >= 11 is 0. The SMILES string of the molecule is CC1CCC(C(N)=O)CN1C(=O)c1cccc2[nH]ncc12. The number of primary amides is 1. The number of hydrogen-bond acceptors (Lipinski definition) is 3. The molecule has 2 amide bonds. The summed E-state index contributed by atoms with van der Waals surface area (Å²) in [7, 11) is 0. The van der Waals surface area contributed by atoms with Crippen LogP contribution in [0.2, 0.25) is 0 Å². The van der Waals surface area contributed by atoms with Crippen LogP contribution < -0.4 is 5.73 Å². The first-order chi connectivity index (χ1) is 10.1. The third-order valence-electron chi connectivity index (χ3n) is 4.26. The Morgan fingerprint density at radius 1 is 1.38 bits per heavy atom. The lowest BCUT2D eigenvalue weighted by atomic mass is 9.92. The van der Waals surface area contributed by atoms with Crippen LogP contribution in [-0.4, -0.2) is 39.5 Å². The van der Waals surface area contributed by atoms with Crippen LogP contribution in [0.25, 0.3) is 10.9 Å². The van der Waals surface area contributed by atoms with Crippen molar-refractivity contribution >= 4 is 22.7 Å². The maximum Gasteiger partial charge on any atom is 0.254 e. The molecule has 110 valence electrons. The molecule has 2 aromatic rings. The van der Waals surface area contributed by atoms with Crippen LogP contribution in [0.3, 0.4) is 0 Å². The zero-order valence-electron chi connectivity index (χ0n) is 11.9. The molecule has 1 aromatic heterocycles. The lowest BCUT2D eigenvalue weighted by Gasteiger charge is -2.37. The van der Waals surface area contributed by atoms with Gasteiger partial charge < -0.3 is 10.6 Å². The van der Waals surface area contributed by atoms with Gasteiger partial charge in [0.2, 0.25) is 5.91 Å². The van der Waals surface area contributed by atoms with Crippen LogP contribution >= 0.6 is 0 Å². The van der Waals surface area contributed by atoms with Crippen molar-refractivity contribution in [1.29, 1.82) is 0 Å². The first-order valence-corrected chi connectivity index (χ1v) is 7.10. The Bertz CT molecular complexity index is 694. The predicted molar refractivity (Wildman–Crippen MR) is 78.5 cm³/mol. The van der Waals surface area contributed by atoms with Crippen molar-refractivity contribution in [3.05, 3.63) is 30.0 Å². The minimum absolute atomic E-state index is 0.0690. The van der Waals surface area contributed by atoms with E-state index in [2.05, 4.69) is 10.2 Å². The van der Waals surface area contributed by atoms with E-state index in [1.807, 2.05) is 19.1 Å². The fourth-order valence-corrected chi connectivity index (χ4v) is 2.93. The molecule has 1 aliphatic rings. The number of carbonyl (C=O) groups excluding carboxylic acids is 2. The summed E-state index contributed by atoms with van der Waals surface area (Å²) in [6.45, 7) is 2.40. The van der Waals surface area contributed by atoms with Crippen molar-refractivity contribution in [2.45, 2.75) is 25.8 Å². The molecule has 2 atom stereocenters. The number of amides is 2. The molecule has 6 nitrogen and oxygen atoms in total. The number of aromatic nitrogens is 2. The highest BCUT2D eigenvalue weighted by Crippen LogP contribution is 2.25. The van der Waals surface area contributed by atoms with Crippen molar-refractivity contribution in [2.75, 3.05) is 6.54 Å². The number of benzene rings is 1. The standard InChI is InChI=1S/C15H18N4O2/c1-9-5-6-10(14(16)20)8-19(9)15(21)11-3-2-4-13-12(11)7-17-18-13/h2-4,7,9-10H,5-6,8H2,1H3,(H2,16,20)(H,17,18).